The molecule has 1 aromatic carbocycles. The molecule has 1 rings (SSSR count). The maximum absolute atomic E-state index is 5.80. The Morgan fingerprint density at radius 3 is 2.41 bits per heavy atom. The molecule has 1 atom stereocenters. The van der Waals surface area contributed by atoms with E-state index in [0.717, 1.165) is 15.7 Å². The van der Waals surface area contributed by atoms with Gasteiger partial charge in [-0.3, -0.25) is 0 Å². The van der Waals surface area contributed by atoms with E-state index in [1.165, 1.54) is 0 Å². The summed E-state index contributed by atoms with van der Waals surface area (Å²) >= 11 is 8.64. The molecule has 2 N–H and O–H groups in total. The van der Waals surface area contributed by atoms with Crippen LogP contribution in [0.1, 0.15) is 26.3 Å². The molecule has 0 fully saturated rings. The van der Waals surface area contributed by atoms with Crippen LogP contribution in [-0.2, 0) is 0 Å². The zero-order valence-electron chi connectivity index (χ0n) is 10.7. The summed E-state index contributed by atoms with van der Waals surface area (Å²) in [7, 11) is 2.08. The minimum atomic E-state index is 0.426. The lowest BCUT2D eigenvalue weighted by atomic mass is 10.0. The second kappa shape index (κ2) is 5.83. The molecular formula is C13H19BrN2S. The molecule has 1 unspecified atom stereocenters. The molecule has 0 aliphatic heterocycles. The van der Waals surface area contributed by atoms with Gasteiger partial charge < -0.3 is 10.6 Å². The van der Waals surface area contributed by atoms with Gasteiger partial charge in [-0.25, -0.2) is 0 Å². The normalized spacial score (nSPS) is 12.6. The van der Waals surface area contributed by atoms with Crippen LogP contribution in [0.3, 0.4) is 0 Å². The smallest absolute Gasteiger partial charge is 0.107 e. The first-order valence-corrected chi connectivity index (χ1v) is 6.87. The first kappa shape index (κ1) is 14.5. The Kier molecular flexibility index (Phi) is 4.95. The molecule has 2 nitrogen and oxygen atoms in total. The summed E-state index contributed by atoms with van der Waals surface area (Å²) in [6.45, 7) is 6.62. The Hall–Kier alpha value is -0.610. The third-order valence-electron chi connectivity index (χ3n) is 3.19. The molecular weight excluding hydrogens is 296 g/mol. The number of nitrogens with two attached hydrogens (primary N) is 1. The molecule has 0 heterocycles. The zero-order chi connectivity index (χ0) is 13.2. The van der Waals surface area contributed by atoms with Crippen molar-refractivity contribution < 1.29 is 0 Å². The molecule has 0 aromatic heterocycles. The fourth-order valence-electron chi connectivity index (χ4n) is 1.72. The van der Waals surface area contributed by atoms with Crippen molar-refractivity contribution in [2.45, 2.75) is 26.8 Å². The minimum Gasteiger partial charge on any atom is -0.389 e. The third-order valence-corrected chi connectivity index (χ3v) is 4.06. The predicted molar refractivity (Wildman–Crippen MR) is 82.7 cm³/mol. The van der Waals surface area contributed by atoms with Crippen molar-refractivity contribution >= 4 is 38.8 Å². The lowest BCUT2D eigenvalue weighted by Gasteiger charge is -2.31. The van der Waals surface area contributed by atoms with Crippen LogP contribution in [0.5, 0.6) is 0 Å². The van der Waals surface area contributed by atoms with Crippen molar-refractivity contribution in [2.75, 3.05) is 11.9 Å². The number of halogens is 1. The van der Waals surface area contributed by atoms with Crippen molar-refractivity contribution in [3.05, 3.63) is 28.2 Å². The molecule has 17 heavy (non-hydrogen) atoms. The van der Waals surface area contributed by atoms with Gasteiger partial charge in [-0.1, -0.05) is 32.1 Å². The highest BCUT2D eigenvalue weighted by atomic mass is 79.9. The third kappa shape index (κ3) is 3.19. The number of hydrogen-bond donors (Lipinski definition) is 1. The monoisotopic (exact) mass is 314 g/mol. The van der Waals surface area contributed by atoms with Crippen molar-refractivity contribution in [1.82, 2.24) is 0 Å². The molecule has 0 aliphatic carbocycles. The second-order valence-corrected chi connectivity index (χ2v) is 5.89. The number of benzene rings is 1. The van der Waals surface area contributed by atoms with E-state index in [-0.39, 0.29) is 0 Å². The van der Waals surface area contributed by atoms with Crippen LogP contribution in [0, 0.1) is 5.92 Å². The molecule has 0 amide bonds. The van der Waals surface area contributed by atoms with Crippen LogP contribution in [0.15, 0.2) is 22.7 Å². The van der Waals surface area contributed by atoms with Crippen molar-refractivity contribution in [2.24, 2.45) is 11.7 Å². The van der Waals surface area contributed by atoms with E-state index in [9.17, 15) is 0 Å². The van der Waals surface area contributed by atoms with Gasteiger partial charge in [0.25, 0.3) is 0 Å². The Morgan fingerprint density at radius 1 is 1.35 bits per heavy atom. The number of anilines is 1. The van der Waals surface area contributed by atoms with Gasteiger partial charge in [-0.15, -0.1) is 0 Å². The molecule has 0 bridgehead atoms. The van der Waals surface area contributed by atoms with Crippen LogP contribution in [0.2, 0.25) is 0 Å². The highest BCUT2D eigenvalue weighted by Gasteiger charge is 2.18. The van der Waals surface area contributed by atoms with Gasteiger partial charge in [0.05, 0.1) is 0 Å². The summed E-state index contributed by atoms with van der Waals surface area (Å²) in [6, 6.07) is 6.45. The van der Waals surface area contributed by atoms with Gasteiger partial charge in [-0.2, -0.15) is 0 Å². The van der Waals surface area contributed by atoms with Gasteiger partial charge >= 0.3 is 0 Å². The van der Waals surface area contributed by atoms with Gasteiger partial charge in [0.2, 0.25) is 0 Å². The largest absolute Gasteiger partial charge is 0.389 e. The molecule has 1 aromatic rings. The van der Waals surface area contributed by atoms with E-state index >= 15 is 0 Å². The van der Waals surface area contributed by atoms with E-state index < -0.39 is 0 Å². The average molecular weight is 315 g/mol. The molecule has 94 valence electrons. The molecule has 0 spiro atoms. The molecule has 0 saturated heterocycles. The number of hydrogen-bond acceptors (Lipinski definition) is 2. The lowest BCUT2D eigenvalue weighted by molar-refractivity contribution is 0.505. The summed E-state index contributed by atoms with van der Waals surface area (Å²) in [5.74, 6) is 0.568. The molecule has 0 saturated carbocycles. The minimum absolute atomic E-state index is 0.426. The average Bonchev–Trinajstić information content (AvgIpc) is 2.25. The predicted octanol–water partition coefficient (Wildman–Crippen LogP) is 3.56. The first-order valence-electron chi connectivity index (χ1n) is 5.67. The standard InChI is InChI=1S/C13H19BrN2S/c1-8(2)9(3)16(4)11-7-5-6-10(14)12(11)13(15)17/h5-9H,1-4H3,(H2,15,17). The molecule has 0 radical (unpaired) electrons. The topological polar surface area (TPSA) is 29.3 Å². The Labute approximate surface area is 117 Å². The van der Waals surface area contributed by atoms with Crippen molar-refractivity contribution in [3.8, 4) is 0 Å². The van der Waals surface area contributed by atoms with Crippen molar-refractivity contribution in [3.63, 3.8) is 0 Å². The highest BCUT2D eigenvalue weighted by molar-refractivity contribution is 9.10. The van der Waals surface area contributed by atoms with E-state index in [1.807, 2.05) is 12.1 Å². The fraction of sp³-hybridized carbons (Fsp3) is 0.462. The summed E-state index contributed by atoms with van der Waals surface area (Å²) in [5.41, 5.74) is 7.80. The summed E-state index contributed by atoms with van der Waals surface area (Å²) in [5, 5.41) is 0. The first-order chi connectivity index (χ1) is 7.86. The summed E-state index contributed by atoms with van der Waals surface area (Å²) in [4.78, 5) is 2.65. The summed E-state index contributed by atoms with van der Waals surface area (Å²) < 4.78 is 0.949. The summed E-state index contributed by atoms with van der Waals surface area (Å²) in [6.07, 6.45) is 0. The number of rotatable bonds is 4. The number of thiocarbonyl (C=S) groups is 1. The van der Waals surface area contributed by atoms with Gasteiger partial charge in [0.15, 0.2) is 0 Å². The van der Waals surface area contributed by atoms with Crippen LogP contribution in [0.4, 0.5) is 5.69 Å². The van der Waals surface area contributed by atoms with Crippen LogP contribution >= 0.6 is 28.1 Å². The Balaban J connectivity index is 3.22. The van der Waals surface area contributed by atoms with Gasteiger partial charge in [0.1, 0.15) is 4.99 Å². The second-order valence-electron chi connectivity index (χ2n) is 4.59. The number of nitrogens with zero attached hydrogens (tertiary/aromatic N) is 1. The van der Waals surface area contributed by atoms with E-state index in [0.29, 0.717) is 16.9 Å². The van der Waals surface area contributed by atoms with E-state index in [2.05, 4.69) is 54.7 Å². The van der Waals surface area contributed by atoms with Crippen molar-refractivity contribution in [1.29, 1.82) is 0 Å². The SMILES string of the molecule is CC(C)C(C)N(C)c1cccc(Br)c1C(N)=S. The van der Waals surface area contributed by atoms with Gasteiger partial charge in [0, 0.05) is 28.8 Å². The molecule has 4 heteroatoms. The maximum atomic E-state index is 5.80. The Morgan fingerprint density at radius 2 is 1.94 bits per heavy atom. The van der Waals surface area contributed by atoms with E-state index in [4.69, 9.17) is 18.0 Å². The van der Waals surface area contributed by atoms with Gasteiger partial charge in [-0.05, 0) is 40.9 Å². The van der Waals surface area contributed by atoms with Crippen LogP contribution in [0.25, 0.3) is 0 Å². The molecule has 0 aliphatic rings. The highest BCUT2D eigenvalue weighted by Crippen LogP contribution is 2.29. The van der Waals surface area contributed by atoms with Crippen LogP contribution < -0.4 is 10.6 Å². The van der Waals surface area contributed by atoms with E-state index in [1.54, 1.807) is 0 Å². The lowest BCUT2D eigenvalue weighted by Crippen LogP contribution is -2.34. The van der Waals surface area contributed by atoms with Crippen LogP contribution in [-0.4, -0.2) is 18.1 Å². The fourth-order valence-corrected chi connectivity index (χ4v) is 2.63. The maximum Gasteiger partial charge on any atom is 0.107 e. The zero-order valence-corrected chi connectivity index (χ0v) is 13.1. The Bertz CT molecular complexity index is 418. The quantitative estimate of drug-likeness (QED) is 0.862.